The van der Waals surface area contributed by atoms with E-state index >= 15 is 0 Å². The van der Waals surface area contributed by atoms with E-state index in [0.29, 0.717) is 12.2 Å². The molecule has 0 amide bonds. The SMILES string of the molecule is Fc1cccc(C(CCN2CCOCC2)Oc2ccc(F)cc2Cl)c1. The van der Waals surface area contributed by atoms with Crippen molar-refractivity contribution in [3.8, 4) is 5.75 Å². The molecule has 3 nitrogen and oxygen atoms in total. The van der Waals surface area contributed by atoms with Crippen LogP contribution < -0.4 is 4.74 Å². The topological polar surface area (TPSA) is 21.7 Å². The zero-order valence-electron chi connectivity index (χ0n) is 13.8. The van der Waals surface area contributed by atoms with Crippen molar-refractivity contribution < 1.29 is 18.3 Å². The summed E-state index contributed by atoms with van der Waals surface area (Å²) in [6, 6.07) is 10.3. The number of hydrogen-bond acceptors (Lipinski definition) is 3. The van der Waals surface area contributed by atoms with Gasteiger partial charge in [0.25, 0.3) is 0 Å². The van der Waals surface area contributed by atoms with E-state index in [0.717, 1.165) is 38.4 Å². The van der Waals surface area contributed by atoms with Crippen LogP contribution in [0, 0.1) is 11.6 Å². The first-order chi connectivity index (χ1) is 12.1. The van der Waals surface area contributed by atoms with Crippen LogP contribution in [0.25, 0.3) is 0 Å². The van der Waals surface area contributed by atoms with Gasteiger partial charge in [0.2, 0.25) is 0 Å². The summed E-state index contributed by atoms with van der Waals surface area (Å²) in [6.45, 7) is 3.97. The molecule has 1 unspecified atom stereocenters. The maximum absolute atomic E-state index is 13.6. The molecule has 1 atom stereocenters. The largest absolute Gasteiger partial charge is 0.484 e. The van der Waals surface area contributed by atoms with Crippen LogP contribution in [0.1, 0.15) is 18.1 Å². The molecule has 3 rings (SSSR count). The molecule has 25 heavy (non-hydrogen) atoms. The molecule has 0 aromatic heterocycles. The Morgan fingerprint density at radius 3 is 2.56 bits per heavy atom. The Hall–Kier alpha value is -1.69. The fraction of sp³-hybridized carbons (Fsp3) is 0.368. The van der Waals surface area contributed by atoms with Gasteiger partial charge in [-0.15, -0.1) is 0 Å². The first-order valence-corrected chi connectivity index (χ1v) is 8.67. The second kappa shape index (κ2) is 8.61. The monoisotopic (exact) mass is 367 g/mol. The lowest BCUT2D eigenvalue weighted by molar-refractivity contribution is 0.0317. The number of morpholine rings is 1. The van der Waals surface area contributed by atoms with Crippen LogP contribution in [0.3, 0.4) is 0 Å². The van der Waals surface area contributed by atoms with E-state index in [1.807, 2.05) is 6.07 Å². The van der Waals surface area contributed by atoms with Gasteiger partial charge in [0.1, 0.15) is 23.5 Å². The smallest absolute Gasteiger partial charge is 0.139 e. The van der Waals surface area contributed by atoms with E-state index in [-0.39, 0.29) is 16.9 Å². The number of hydrogen-bond donors (Lipinski definition) is 0. The Kier molecular flexibility index (Phi) is 6.24. The summed E-state index contributed by atoms with van der Waals surface area (Å²) in [6.07, 6.45) is 0.290. The molecule has 1 fully saturated rings. The maximum Gasteiger partial charge on any atom is 0.139 e. The summed E-state index contributed by atoms with van der Waals surface area (Å²) in [4.78, 5) is 2.28. The lowest BCUT2D eigenvalue weighted by Crippen LogP contribution is -2.37. The number of benzene rings is 2. The Morgan fingerprint density at radius 2 is 1.84 bits per heavy atom. The van der Waals surface area contributed by atoms with Crippen LogP contribution >= 0.6 is 11.6 Å². The zero-order chi connectivity index (χ0) is 17.6. The second-order valence-corrected chi connectivity index (χ2v) is 6.39. The van der Waals surface area contributed by atoms with Crippen molar-refractivity contribution >= 4 is 11.6 Å². The lowest BCUT2D eigenvalue weighted by Gasteiger charge is -2.29. The van der Waals surface area contributed by atoms with Crippen molar-refractivity contribution in [1.29, 1.82) is 0 Å². The van der Waals surface area contributed by atoms with E-state index in [1.165, 1.54) is 30.3 Å². The third-order valence-electron chi connectivity index (χ3n) is 4.19. The van der Waals surface area contributed by atoms with Crippen LogP contribution in [0.4, 0.5) is 8.78 Å². The Bertz CT molecular complexity index is 708. The number of ether oxygens (including phenoxy) is 2. The molecule has 0 saturated carbocycles. The van der Waals surface area contributed by atoms with Crippen molar-refractivity contribution in [3.63, 3.8) is 0 Å². The summed E-state index contributed by atoms with van der Waals surface area (Å²) in [5.74, 6) is -0.352. The van der Waals surface area contributed by atoms with Crippen LogP contribution in [-0.2, 0) is 4.74 Å². The molecule has 1 heterocycles. The molecule has 0 spiro atoms. The summed E-state index contributed by atoms with van der Waals surface area (Å²) in [7, 11) is 0. The van der Waals surface area contributed by atoms with Gasteiger partial charge in [-0.05, 0) is 35.9 Å². The standard InChI is InChI=1S/C19H20ClF2NO2/c20-17-13-16(22)4-5-19(17)25-18(14-2-1-3-15(21)12-14)6-7-23-8-10-24-11-9-23/h1-5,12-13,18H,6-11H2. The van der Waals surface area contributed by atoms with Crippen molar-refractivity contribution in [1.82, 2.24) is 4.90 Å². The van der Waals surface area contributed by atoms with Crippen LogP contribution in [-0.4, -0.2) is 37.7 Å². The molecule has 0 N–H and O–H groups in total. The number of nitrogens with zero attached hydrogens (tertiary/aromatic N) is 1. The van der Waals surface area contributed by atoms with Gasteiger partial charge >= 0.3 is 0 Å². The van der Waals surface area contributed by atoms with E-state index < -0.39 is 5.82 Å². The average molecular weight is 368 g/mol. The van der Waals surface area contributed by atoms with Gasteiger partial charge in [-0.2, -0.15) is 0 Å². The van der Waals surface area contributed by atoms with Gasteiger partial charge in [0, 0.05) is 26.1 Å². The summed E-state index contributed by atoms with van der Waals surface area (Å²) >= 11 is 6.08. The van der Waals surface area contributed by atoms with Gasteiger partial charge in [0.15, 0.2) is 0 Å². The van der Waals surface area contributed by atoms with Crippen LogP contribution in [0.5, 0.6) is 5.75 Å². The second-order valence-electron chi connectivity index (χ2n) is 5.98. The molecule has 134 valence electrons. The van der Waals surface area contributed by atoms with E-state index in [9.17, 15) is 8.78 Å². The van der Waals surface area contributed by atoms with E-state index in [1.54, 1.807) is 6.07 Å². The molecule has 2 aromatic carbocycles. The third kappa shape index (κ3) is 5.14. The summed E-state index contributed by atoms with van der Waals surface area (Å²) in [5.41, 5.74) is 0.730. The highest BCUT2D eigenvalue weighted by Crippen LogP contribution is 2.31. The lowest BCUT2D eigenvalue weighted by atomic mass is 10.1. The predicted octanol–water partition coefficient (Wildman–Crippen LogP) is 4.46. The average Bonchev–Trinajstić information content (AvgIpc) is 2.61. The molecule has 6 heteroatoms. The highest BCUT2D eigenvalue weighted by atomic mass is 35.5. The molecule has 1 aliphatic heterocycles. The van der Waals surface area contributed by atoms with Crippen molar-refractivity contribution in [3.05, 3.63) is 64.7 Å². The fourth-order valence-electron chi connectivity index (χ4n) is 2.85. The van der Waals surface area contributed by atoms with Crippen molar-refractivity contribution in [2.75, 3.05) is 32.8 Å². The first-order valence-electron chi connectivity index (χ1n) is 8.29. The Labute approximate surface area is 151 Å². The molecular weight excluding hydrogens is 348 g/mol. The number of rotatable bonds is 6. The highest BCUT2D eigenvalue weighted by molar-refractivity contribution is 6.32. The van der Waals surface area contributed by atoms with E-state index in [2.05, 4.69) is 4.90 Å². The minimum Gasteiger partial charge on any atom is -0.484 e. The normalized spacial score (nSPS) is 16.6. The minimum absolute atomic E-state index is 0.202. The van der Waals surface area contributed by atoms with Crippen LogP contribution in [0.2, 0.25) is 5.02 Å². The third-order valence-corrected chi connectivity index (χ3v) is 4.49. The minimum atomic E-state index is -0.423. The van der Waals surface area contributed by atoms with Crippen molar-refractivity contribution in [2.24, 2.45) is 0 Å². The van der Waals surface area contributed by atoms with Gasteiger partial charge in [-0.3, -0.25) is 4.90 Å². The quantitative estimate of drug-likeness (QED) is 0.752. The molecule has 1 aliphatic rings. The maximum atomic E-state index is 13.6. The molecular formula is C19H20ClF2NO2. The summed E-state index contributed by atoms with van der Waals surface area (Å²) < 4.78 is 38.2. The van der Waals surface area contributed by atoms with Gasteiger partial charge in [0.05, 0.1) is 18.2 Å². The number of halogens is 3. The van der Waals surface area contributed by atoms with Crippen molar-refractivity contribution in [2.45, 2.75) is 12.5 Å². The summed E-state index contributed by atoms with van der Waals surface area (Å²) in [5, 5.41) is 0.202. The van der Waals surface area contributed by atoms with Gasteiger partial charge in [-0.1, -0.05) is 23.7 Å². The highest BCUT2D eigenvalue weighted by Gasteiger charge is 2.19. The van der Waals surface area contributed by atoms with E-state index in [4.69, 9.17) is 21.1 Å². The van der Waals surface area contributed by atoms with Gasteiger partial charge in [-0.25, -0.2) is 8.78 Å². The molecule has 0 aliphatic carbocycles. The molecule has 0 radical (unpaired) electrons. The predicted molar refractivity (Wildman–Crippen MR) is 93.1 cm³/mol. The Morgan fingerprint density at radius 1 is 1.08 bits per heavy atom. The molecule has 1 saturated heterocycles. The van der Waals surface area contributed by atoms with Gasteiger partial charge < -0.3 is 9.47 Å². The first kappa shape index (κ1) is 18.1. The molecule has 2 aromatic rings. The van der Waals surface area contributed by atoms with Crippen LogP contribution in [0.15, 0.2) is 42.5 Å². The fourth-order valence-corrected chi connectivity index (χ4v) is 3.06. The molecule has 0 bridgehead atoms. The zero-order valence-corrected chi connectivity index (χ0v) is 14.5. The Balaban J connectivity index is 1.75.